The summed E-state index contributed by atoms with van der Waals surface area (Å²) in [7, 11) is 0. The number of aliphatic carboxylic acids is 1. The van der Waals surface area contributed by atoms with Gasteiger partial charge in [-0.15, -0.1) is 6.42 Å². The molecule has 0 aromatic heterocycles. The molecule has 0 radical (unpaired) electrons. The Balaban J connectivity index is 2.41. The summed E-state index contributed by atoms with van der Waals surface area (Å²) in [4.78, 5) is 25.9. The highest BCUT2D eigenvalue weighted by atomic mass is 16.5. The van der Waals surface area contributed by atoms with E-state index >= 15 is 0 Å². The molecule has 1 saturated heterocycles. The van der Waals surface area contributed by atoms with Gasteiger partial charge in [0.2, 0.25) is 0 Å². The molecule has 1 aliphatic heterocycles. The van der Waals surface area contributed by atoms with Crippen molar-refractivity contribution >= 4 is 12.0 Å². The number of terminal acetylenes is 1. The standard InChI is InChI=1S/C13H21N3O4/c1-3-4-16(10-12(17)18)13(19)14-11(2)9-15-5-7-20-8-6-15/h1,11H,4-10H2,2H3,(H,14,19)(H,17,18). The minimum atomic E-state index is -1.09. The van der Waals surface area contributed by atoms with Crippen LogP contribution in [0.25, 0.3) is 0 Å². The molecule has 0 saturated carbocycles. The van der Waals surface area contributed by atoms with Gasteiger partial charge in [0.1, 0.15) is 6.54 Å². The quantitative estimate of drug-likeness (QED) is 0.638. The van der Waals surface area contributed by atoms with Gasteiger partial charge in [-0.2, -0.15) is 0 Å². The highest BCUT2D eigenvalue weighted by Gasteiger charge is 2.19. The molecule has 7 nitrogen and oxygen atoms in total. The predicted octanol–water partition coefficient (Wildman–Crippen LogP) is -0.563. The van der Waals surface area contributed by atoms with Crippen molar-refractivity contribution in [2.45, 2.75) is 13.0 Å². The first-order valence-electron chi connectivity index (χ1n) is 6.53. The number of hydrogen-bond donors (Lipinski definition) is 2. The van der Waals surface area contributed by atoms with Gasteiger partial charge < -0.3 is 20.1 Å². The number of nitrogens with one attached hydrogen (secondary N) is 1. The Labute approximate surface area is 118 Å². The summed E-state index contributed by atoms with van der Waals surface area (Å²) in [5.41, 5.74) is 0. The number of carboxylic acid groups (broad SMARTS) is 1. The van der Waals surface area contributed by atoms with Crippen LogP contribution in [0.1, 0.15) is 6.92 Å². The number of hydrogen-bond acceptors (Lipinski definition) is 4. The number of nitrogens with zero attached hydrogens (tertiary/aromatic N) is 2. The van der Waals surface area contributed by atoms with Crippen molar-refractivity contribution in [2.24, 2.45) is 0 Å². The maximum absolute atomic E-state index is 11.9. The highest BCUT2D eigenvalue weighted by molar-refractivity contribution is 5.80. The maximum atomic E-state index is 11.9. The molecular formula is C13H21N3O4. The van der Waals surface area contributed by atoms with E-state index in [0.29, 0.717) is 19.8 Å². The highest BCUT2D eigenvalue weighted by Crippen LogP contribution is 1.99. The van der Waals surface area contributed by atoms with E-state index in [2.05, 4.69) is 16.1 Å². The maximum Gasteiger partial charge on any atom is 0.323 e. The molecule has 112 valence electrons. The van der Waals surface area contributed by atoms with Crippen LogP contribution in [0, 0.1) is 12.3 Å². The van der Waals surface area contributed by atoms with Crippen LogP contribution in [-0.2, 0) is 9.53 Å². The summed E-state index contributed by atoms with van der Waals surface area (Å²) in [6, 6.07) is -0.541. The minimum Gasteiger partial charge on any atom is -0.480 e. The Morgan fingerprint density at radius 3 is 2.70 bits per heavy atom. The topological polar surface area (TPSA) is 82.1 Å². The van der Waals surface area contributed by atoms with Gasteiger partial charge in [-0.25, -0.2) is 4.79 Å². The molecule has 1 unspecified atom stereocenters. The molecule has 2 N–H and O–H groups in total. The molecule has 1 heterocycles. The Bertz CT molecular complexity index is 374. The van der Waals surface area contributed by atoms with Gasteiger partial charge in [-0.05, 0) is 6.92 Å². The number of carbonyl (C=O) groups is 2. The molecule has 2 amide bonds. The number of amides is 2. The van der Waals surface area contributed by atoms with Crippen LogP contribution in [0.5, 0.6) is 0 Å². The number of ether oxygens (including phenoxy) is 1. The smallest absolute Gasteiger partial charge is 0.323 e. The van der Waals surface area contributed by atoms with E-state index in [4.69, 9.17) is 16.3 Å². The number of urea groups is 1. The molecule has 1 rings (SSSR count). The summed E-state index contributed by atoms with van der Waals surface area (Å²) < 4.78 is 5.25. The first-order valence-corrected chi connectivity index (χ1v) is 6.53. The summed E-state index contributed by atoms with van der Waals surface area (Å²) in [6.45, 7) is 5.22. The SMILES string of the molecule is C#CCN(CC(=O)O)C(=O)NC(C)CN1CCOCC1. The normalized spacial score (nSPS) is 17.0. The van der Waals surface area contributed by atoms with E-state index in [1.165, 1.54) is 0 Å². The second-order valence-corrected chi connectivity index (χ2v) is 4.72. The van der Waals surface area contributed by atoms with Gasteiger partial charge in [0.15, 0.2) is 0 Å². The van der Waals surface area contributed by atoms with Crippen LogP contribution in [-0.4, -0.2) is 78.9 Å². The molecule has 1 atom stereocenters. The summed E-state index contributed by atoms with van der Waals surface area (Å²) in [6.07, 6.45) is 5.14. The van der Waals surface area contributed by atoms with E-state index in [1.54, 1.807) is 0 Å². The van der Waals surface area contributed by atoms with Gasteiger partial charge in [0.05, 0.1) is 19.8 Å². The lowest BCUT2D eigenvalue weighted by molar-refractivity contribution is -0.137. The molecule has 0 bridgehead atoms. The van der Waals surface area contributed by atoms with E-state index < -0.39 is 18.5 Å². The monoisotopic (exact) mass is 283 g/mol. The van der Waals surface area contributed by atoms with Crippen LogP contribution < -0.4 is 5.32 Å². The summed E-state index contributed by atoms with van der Waals surface area (Å²) >= 11 is 0. The van der Waals surface area contributed by atoms with Crippen molar-refractivity contribution in [3.05, 3.63) is 0 Å². The predicted molar refractivity (Wildman–Crippen MR) is 73.3 cm³/mol. The van der Waals surface area contributed by atoms with Crippen molar-refractivity contribution < 1.29 is 19.4 Å². The van der Waals surface area contributed by atoms with E-state index in [9.17, 15) is 9.59 Å². The average molecular weight is 283 g/mol. The fourth-order valence-electron chi connectivity index (χ4n) is 1.99. The average Bonchev–Trinajstić information content (AvgIpc) is 2.38. The number of carboxylic acids is 1. The zero-order valence-corrected chi connectivity index (χ0v) is 11.7. The zero-order valence-electron chi connectivity index (χ0n) is 11.7. The van der Waals surface area contributed by atoms with Crippen molar-refractivity contribution in [1.29, 1.82) is 0 Å². The van der Waals surface area contributed by atoms with Crippen LogP contribution in [0.4, 0.5) is 4.79 Å². The number of rotatable bonds is 6. The summed E-state index contributed by atoms with van der Waals surface area (Å²) in [5.74, 6) is 1.20. The largest absolute Gasteiger partial charge is 0.480 e. The second-order valence-electron chi connectivity index (χ2n) is 4.72. The Morgan fingerprint density at radius 2 is 2.15 bits per heavy atom. The van der Waals surface area contributed by atoms with Crippen LogP contribution >= 0.6 is 0 Å². The van der Waals surface area contributed by atoms with Gasteiger partial charge in [0, 0.05) is 25.7 Å². The van der Waals surface area contributed by atoms with Crippen molar-refractivity contribution in [2.75, 3.05) is 45.9 Å². The van der Waals surface area contributed by atoms with Crippen molar-refractivity contribution in [3.63, 3.8) is 0 Å². The molecule has 0 spiro atoms. The Morgan fingerprint density at radius 1 is 1.50 bits per heavy atom. The van der Waals surface area contributed by atoms with Crippen molar-refractivity contribution in [3.8, 4) is 12.3 Å². The van der Waals surface area contributed by atoms with Crippen molar-refractivity contribution in [1.82, 2.24) is 15.1 Å². The minimum absolute atomic E-state index is 0.0254. The van der Waals surface area contributed by atoms with Crippen LogP contribution in [0.3, 0.4) is 0 Å². The van der Waals surface area contributed by atoms with E-state index in [0.717, 1.165) is 18.0 Å². The first-order chi connectivity index (χ1) is 9.52. The van der Waals surface area contributed by atoms with Gasteiger partial charge in [-0.3, -0.25) is 9.69 Å². The molecule has 0 aromatic rings. The van der Waals surface area contributed by atoms with Gasteiger partial charge >= 0.3 is 12.0 Å². The third-order valence-corrected chi connectivity index (χ3v) is 2.90. The molecule has 1 aliphatic rings. The van der Waals surface area contributed by atoms with Crippen LogP contribution in [0.2, 0.25) is 0 Å². The lowest BCUT2D eigenvalue weighted by atomic mass is 10.3. The molecule has 1 fully saturated rings. The Kier molecular flexibility index (Phi) is 6.84. The van der Waals surface area contributed by atoms with Gasteiger partial charge in [0.25, 0.3) is 0 Å². The second kappa shape index (κ2) is 8.40. The van der Waals surface area contributed by atoms with Gasteiger partial charge in [-0.1, -0.05) is 5.92 Å². The molecular weight excluding hydrogens is 262 g/mol. The van der Waals surface area contributed by atoms with E-state index in [1.807, 2.05) is 6.92 Å². The molecule has 20 heavy (non-hydrogen) atoms. The lowest BCUT2D eigenvalue weighted by Gasteiger charge is -2.30. The Hall–Kier alpha value is -1.78. The van der Waals surface area contributed by atoms with E-state index in [-0.39, 0.29) is 12.6 Å². The fourth-order valence-corrected chi connectivity index (χ4v) is 1.99. The fraction of sp³-hybridized carbons (Fsp3) is 0.692. The lowest BCUT2D eigenvalue weighted by Crippen LogP contribution is -2.50. The number of carbonyl (C=O) groups excluding carboxylic acids is 1. The molecule has 7 heteroatoms. The molecule has 0 aromatic carbocycles. The third-order valence-electron chi connectivity index (χ3n) is 2.90. The third kappa shape index (κ3) is 5.91. The molecule has 0 aliphatic carbocycles. The van der Waals surface area contributed by atoms with Crippen LogP contribution in [0.15, 0.2) is 0 Å². The number of morpholine rings is 1. The first kappa shape index (κ1) is 16.3. The summed E-state index contributed by atoms with van der Waals surface area (Å²) in [5, 5.41) is 11.5. The zero-order chi connectivity index (χ0) is 15.0.